The van der Waals surface area contributed by atoms with Crippen molar-refractivity contribution >= 4 is 0 Å². The van der Waals surface area contributed by atoms with Gasteiger partial charge in [0.1, 0.15) is 11.4 Å². The van der Waals surface area contributed by atoms with E-state index in [0.29, 0.717) is 11.5 Å². The first-order valence-electron chi connectivity index (χ1n) is 7.93. The topological polar surface area (TPSA) is 21.3 Å². The Balaban J connectivity index is 1.76. The fourth-order valence-electron chi connectivity index (χ4n) is 3.43. The predicted octanol–water partition coefficient (Wildman–Crippen LogP) is 4.31. The molecule has 1 unspecified atom stereocenters. The summed E-state index contributed by atoms with van der Waals surface area (Å²) in [5.41, 5.74) is 1.80. The highest BCUT2D eigenvalue weighted by atomic mass is 16.5. The van der Waals surface area contributed by atoms with Gasteiger partial charge in [0.05, 0.1) is 0 Å². The number of fused-ring (bicyclic) bond motifs is 1. The van der Waals surface area contributed by atoms with E-state index < -0.39 is 0 Å². The summed E-state index contributed by atoms with van der Waals surface area (Å²) in [5.74, 6) is 1.83. The Kier molecular flexibility index (Phi) is 3.32. The molecule has 0 spiro atoms. The van der Waals surface area contributed by atoms with E-state index in [1.807, 2.05) is 0 Å². The molecule has 1 atom stereocenters. The highest BCUT2D eigenvalue weighted by molar-refractivity contribution is 5.38. The van der Waals surface area contributed by atoms with Gasteiger partial charge in [0.2, 0.25) is 0 Å². The van der Waals surface area contributed by atoms with Crippen LogP contribution in [0.5, 0.6) is 5.75 Å². The number of para-hydroxylation sites is 1. The quantitative estimate of drug-likeness (QED) is 0.882. The Bertz CT molecular complexity index is 488. The van der Waals surface area contributed by atoms with Crippen LogP contribution in [0.1, 0.15) is 58.6 Å². The molecule has 1 heterocycles. The SMILES string of the molecule is CC(C)C1(CNC2CC(C)(C)Oc3ccccc32)CC1. The van der Waals surface area contributed by atoms with E-state index in [0.717, 1.165) is 24.6 Å². The molecule has 2 heteroatoms. The second-order valence-corrected chi connectivity index (χ2v) is 7.55. The van der Waals surface area contributed by atoms with Crippen LogP contribution in [0.2, 0.25) is 0 Å². The zero-order valence-electron chi connectivity index (χ0n) is 13.2. The van der Waals surface area contributed by atoms with Crippen LogP contribution in [0, 0.1) is 11.3 Å². The van der Waals surface area contributed by atoms with Gasteiger partial charge in [-0.1, -0.05) is 32.0 Å². The van der Waals surface area contributed by atoms with Crippen LogP contribution in [-0.2, 0) is 0 Å². The fraction of sp³-hybridized carbons (Fsp3) is 0.667. The number of nitrogens with one attached hydrogen (secondary N) is 1. The second kappa shape index (κ2) is 4.77. The largest absolute Gasteiger partial charge is 0.487 e. The molecule has 0 amide bonds. The minimum absolute atomic E-state index is 0.0828. The molecule has 0 radical (unpaired) electrons. The molecular weight excluding hydrogens is 246 g/mol. The van der Waals surface area contributed by atoms with Crippen molar-refractivity contribution < 1.29 is 4.74 Å². The molecule has 1 aliphatic carbocycles. The summed E-state index contributed by atoms with van der Waals surface area (Å²) < 4.78 is 6.10. The van der Waals surface area contributed by atoms with Crippen LogP contribution in [0.25, 0.3) is 0 Å². The molecule has 1 aromatic carbocycles. The van der Waals surface area contributed by atoms with E-state index >= 15 is 0 Å². The zero-order chi connectivity index (χ0) is 14.4. The Morgan fingerprint density at radius 1 is 1.25 bits per heavy atom. The van der Waals surface area contributed by atoms with Crippen molar-refractivity contribution in [2.45, 2.75) is 58.6 Å². The van der Waals surface area contributed by atoms with Crippen LogP contribution in [0.4, 0.5) is 0 Å². The minimum atomic E-state index is -0.0828. The molecule has 0 saturated heterocycles. The number of rotatable bonds is 4. The summed E-state index contributed by atoms with van der Waals surface area (Å²) in [5, 5.41) is 3.84. The molecule has 1 aromatic rings. The van der Waals surface area contributed by atoms with Crippen molar-refractivity contribution in [3.63, 3.8) is 0 Å². The van der Waals surface area contributed by atoms with Crippen LogP contribution < -0.4 is 10.1 Å². The number of benzene rings is 1. The Morgan fingerprint density at radius 3 is 2.60 bits per heavy atom. The summed E-state index contributed by atoms with van der Waals surface area (Å²) in [6.45, 7) is 10.2. The molecular formula is C18H27NO. The van der Waals surface area contributed by atoms with E-state index in [4.69, 9.17) is 4.74 Å². The number of hydrogen-bond acceptors (Lipinski definition) is 2. The maximum atomic E-state index is 6.10. The van der Waals surface area contributed by atoms with Crippen LogP contribution in [-0.4, -0.2) is 12.1 Å². The van der Waals surface area contributed by atoms with Gasteiger partial charge in [-0.25, -0.2) is 0 Å². The summed E-state index contributed by atoms with van der Waals surface area (Å²) in [6.07, 6.45) is 3.80. The van der Waals surface area contributed by atoms with Gasteiger partial charge in [0.15, 0.2) is 0 Å². The third-order valence-electron chi connectivity index (χ3n) is 5.19. The van der Waals surface area contributed by atoms with Gasteiger partial charge >= 0.3 is 0 Å². The molecule has 1 aliphatic heterocycles. The van der Waals surface area contributed by atoms with E-state index in [1.54, 1.807) is 0 Å². The maximum absolute atomic E-state index is 6.10. The van der Waals surface area contributed by atoms with E-state index in [9.17, 15) is 0 Å². The average molecular weight is 273 g/mol. The van der Waals surface area contributed by atoms with E-state index in [1.165, 1.54) is 18.4 Å². The van der Waals surface area contributed by atoms with E-state index in [-0.39, 0.29) is 5.60 Å². The van der Waals surface area contributed by atoms with Gasteiger partial charge in [-0.15, -0.1) is 0 Å². The molecule has 0 aromatic heterocycles. The normalized spacial score (nSPS) is 25.9. The Hall–Kier alpha value is -1.02. The highest BCUT2D eigenvalue weighted by Gasteiger charge is 2.45. The standard InChI is InChI=1S/C18H27NO/c1-13(2)18(9-10-18)12-19-15-11-17(3,4)20-16-8-6-5-7-14(15)16/h5-8,13,15,19H,9-12H2,1-4H3. The van der Waals surface area contributed by atoms with Crippen LogP contribution in [0.3, 0.4) is 0 Å². The minimum Gasteiger partial charge on any atom is -0.487 e. The van der Waals surface area contributed by atoms with Crippen molar-refractivity contribution in [1.82, 2.24) is 5.32 Å². The molecule has 0 bridgehead atoms. The fourth-order valence-corrected chi connectivity index (χ4v) is 3.43. The Labute approximate surface area is 122 Å². The third kappa shape index (κ3) is 2.58. The maximum Gasteiger partial charge on any atom is 0.124 e. The first-order valence-corrected chi connectivity index (χ1v) is 7.93. The molecule has 1 saturated carbocycles. The van der Waals surface area contributed by atoms with Crippen molar-refractivity contribution in [2.75, 3.05) is 6.54 Å². The monoisotopic (exact) mass is 273 g/mol. The highest BCUT2D eigenvalue weighted by Crippen LogP contribution is 2.52. The molecule has 110 valence electrons. The van der Waals surface area contributed by atoms with E-state index in [2.05, 4.69) is 57.3 Å². The summed E-state index contributed by atoms with van der Waals surface area (Å²) in [4.78, 5) is 0. The van der Waals surface area contributed by atoms with Gasteiger partial charge in [-0.3, -0.25) is 0 Å². The van der Waals surface area contributed by atoms with Gasteiger partial charge in [-0.2, -0.15) is 0 Å². The lowest BCUT2D eigenvalue weighted by Gasteiger charge is -2.38. The van der Waals surface area contributed by atoms with Crippen LogP contribution in [0.15, 0.2) is 24.3 Å². The average Bonchev–Trinajstić information content (AvgIpc) is 3.16. The molecule has 1 fully saturated rings. The molecule has 3 rings (SSSR count). The smallest absolute Gasteiger partial charge is 0.124 e. The second-order valence-electron chi connectivity index (χ2n) is 7.55. The summed E-state index contributed by atoms with van der Waals surface area (Å²) in [7, 11) is 0. The first kappa shape index (κ1) is 13.9. The van der Waals surface area contributed by atoms with Gasteiger partial charge in [0, 0.05) is 24.6 Å². The molecule has 2 nitrogen and oxygen atoms in total. The lowest BCUT2D eigenvalue weighted by molar-refractivity contribution is 0.0643. The summed E-state index contributed by atoms with van der Waals surface area (Å²) in [6, 6.07) is 8.90. The van der Waals surface area contributed by atoms with Gasteiger partial charge in [-0.05, 0) is 44.1 Å². The van der Waals surface area contributed by atoms with Crippen molar-refractivity contribution in [1.29, 1.82) is 0 Å². The third-order valence-corrected chi connectivity index (χ3v) is 5.19. The predicted molar refractivity (Wildman–Crippen MR) is 83.0 cm³/mol. The summed E-state index contributed by atoms with van der Waals surface area (Å²) >= 11 is 0. The van der Waals surface area contributed by atoms with Gasteiger partial charge < -0.3 is 10.1 Å². The van der Waals surface area contributed by atoms with Crippen molar-refractivity contribution in [2.24, 2.45) is 11.3 Å². The zero-order valence-corrected chi connectivity index (χ0v) is 13.2. The lowest BCUT2D eigenvalue weighted by atomic mass is 9.87. The van der Waals surface area contributed by atoms with Crippen molar-refractivity contribution in [3.05, 3.63) is 29.8 Å². The lowest BCUT2D eigenvalue weighted by Crippen LogP contribution is -2.41. The Morgan fingerprint density at radius 2 is 1.95 bits per heavy atom. The molecule has 2 aliphatic rings. The molecule has 20 heavy (non-hydrogen) atoms. The van der Waals surface area contributed by atoms with Crippen LogP contribution >= 0.6 is 0 Å². The number of hydrogen-bond donors (Lipinski definition) is 1. The first-order chi connectivity index (χ1) is 9.42. The molecule has 1 N–H and O–H groups in total. The van der Waals surface area contributed by atoms with Crippen molar-refractivity contribution in [3.8, 4) is 5.75 Å². The number of ether oxygens (including phenoxy) is 1. The van der Waals surface area contributed by atoms with Gasteiger partial charge in [0.25, 0.3) is 0 Å².